The molecule has 6 rings (SSSR count). The third-order valence-electron chi connectivity index (χ3n) is 6.80. The molecule has 156 valence electrons. The molecule has 0 radical (unpaired) electrons. The van der Waals surface area contributed by atoms with Crippen LogP contribution < -0.4 is 4.90 Å². The fourth-order valence-electron chi connectivity index (χ4n) is 5.24. The van der Waals surface area contributed by atoms with Gasteiger partial charge in [-0.15, -0.1) is 6.42 Å². The van der Waals surface area contributed by atoms with Gasteiger partial charge in [0.2, 0.25) is 5.95 Å². The van der Waals surface area contributed by atoms with Crippen molar-refractivity contribution in [3.8, 4) is 12.3 Å². The van der Waals surface area contributed by atoms with Crippen molar-refractivity contribution in [1.82, 2.24) is 24.5 Å². The molecule has 3 saturated heterocycles. The molecule has 0 unspecified atom stereocenters. The summed E-state index contributed by atoms with van der Waals surface area (Å²) in [7, 11) is 0. The number of piperidine rings is 1. The van der Waals surface area contributed by atoms with Crippen molar-refractivity contribution >= 4 is 17.5 Å². The lowest BCUT2D eigenvalue weighted by molar-refractivity contribution is -0.140. The Morgan fingerprint density at radius 2 is 1.94 bits per heavy atom. The molecule has 0 aliphatic carbocycles. The van der Waals surface area contributed by atoms with Crippen LogP contribution in [0.2, 0.25) is 0 Å². The summed E-state index contributed by atoms with van der Waals surface area (Å²) in [5, 5.41) is 4.30. The van der Waals surface area contributed by atoms with Crippen LogP contribution in [0, 0.1) is 12.3 Å². The highest BCUT2D eigenvalue weighted by atomic mass is 16.6. The molecular weight excluding hydrogens is 392 g/mol. The normalized spacial score (nSPS) is 24.7. The van der Waals surface area contributed by atoms with Crippen molar-refractivity contribution in [3.63, 3.8) is 0 Å². The summed E-state index contributed by atoms with van der Waals surface area (Å²) in [4.78, 5) is 26.5. The lowest BCUT2D eigenvalue weighted by Crippen LogP contribution is -2.51. The van der Waals surface area contributed by atoms with Crippen LogP contribution in [-0.2, 0) is 9.53 Å². The second kappa shape index (κ2) is 6.79. The van der Waals surface area contributed by atoms with E-state index in [-0.39, 0.29) is 18.2 Å². The Hall–Kier alpha value is -3.44. The first-order valence-electron chi connectivity index (χ1n) is 10.7. The van der Waals surface area contributed by atoms with E-state index in [1.54, 1.807) is 10.7 Å². The maximum atomic E-state index is 13.6. The van der Waals surface area contributed by atoms with Gasteiger partial charge < -0.3 is 14.5 Å². The van der Waals surface area contributed by atoms with E-state index < -0.39 is 5.60 Å². The number of aromatic nitrogens is 4. The zero-order chi connectivity index (χ0) is 21.0. The predicted octanol–water partition coefficient (Wildman–Crippen LogP) is 2.16. The van der Waals surface area contributed by atoms with Crippen LogP contribution in [0.15, 0.2) is 42.9 Å². The largest absolute Gasteiger partial charge is 0.342 e. The third kappa shape index (κ3) is 2.66. The summed E-state index contributed by atoms with van der Waals surface area (Å²) < 4.78 is 8.11. The van der Waals surface area contributed by atoms with Gasteiger partial charge in [0.25, 0.3) is 5.91 Å². The first-order valence-corrected chi connectivity index (χ1v) is 10.7. The van der Waals surface area contributed by atoms with Crippen LogP contribution in [0.5, 0.6) is 0 Å². The number of rotatable bonds is 2. The van der Waals surface area contributed by atoms with Gasteiger partial charge in [0.05, 0.1) is 17.8 Å². The first kappa shape index (κ1) is 18.3. The summed E-state index contributed by atoms with van der Waals surface area (Å²) >= 11 is 0. The summed E-state index contributed by atoms with van der Waals surface area (Å²) in [6, 6.07) is 10.4. The van der Waals surface area contributed by atoms with Crippen molar-refractivity contribution in [2.24, 2.45) is 0 Å². The molecule has 0 N–H and O–H groups in total. The minimum atomic E-state index is -0.741. The third-order valence-corrected chi connectivity index (χ3v) is 6.80. The lowest BCUT2D eigenvalue weighted by Gasteiger charge is -2.37. The second-order valence-electron chi connectivity index (χ2n) is 8.38. The number of nitrogens with zero attached hydrogens (tertiary/aromatic N) is 6. The van der Waals surface area contributed by atoms with Crippen LogP contribution in [0.3, 0.4) is 0 Å². The van der Waals surface area contributed by atoms with Gasteiger partial charge in [-0.05, 0) is 18.4 Å². The monoisotopic (exact) mass is 414 g/mol. The minimum Gasteiger partial charge on any atom is -0.342 e. The van der Waals surface area contributed by atoms with E-state index in [1.165, 1.54) is 11.9 Å². The van der Waals surface area contributed by atoms with E-state index in [0.717, 1.165) is 12.8 Å². The Kier molecular flexibility index (Phi) is 4.02. The first-order chi connectivity index (χ1) is 15.2. The number of hydrogen-bond donors (Lipinski definition) is 0. The molecule has 5 heterocycles. The van der Waals surface area contributed by atoms with E-state index >= 15 is 0 Å². The van der Waals surface area contributed by atoms with Crippen molar-refractivity contribution in [1.29, 1.82) is 0 Å². The zero-order valence-corrected chi connectivity index (χ0v) is 17.0. The molecule has 2 atom stereocenters. The molecule has 2 aromatic heterocycles. The van der Waals surface area contributed by atoms with Crippen LogP contribution in [0.1, 0.15) is 42.9 Å². The van der Waals surface area contributed by atoms with E-state index in [4.69, 9.17) is 11.2 Å². The predicted molar refractivity (Wildman–Crippen MR) is 113 cm³/mol. The van der Waals surface area contributed by atoms with Crippen molar-refractivity contribution in [2.75, 3.05) is 18.0 Å². The van der Waals surface area contributed by atoms with Gasteiger partial charge in [0.1, 0.15) is 12.6 Å². The Morgan fingerprint density at radius 3 is 2.71 bits per heavy atom. The number of hydrogen-bond acceptors (Lipinski definition) is 6. The highest BCUT2D eigenvalue weighted by Crippen LogP contribution is 2.47. The van der Waals surface area contributed by atoms with Crippen LogP contribution >= 0.6 is 0 Å². The van der Waals surface area contributed by atoms with E-state index in [9.17, 15) is 4.79 Å². The molecular formula is C23H22N6O2. The second-order valence-corrected chi connectivity index (χ2v) is 8.38. The number of carbonyl (C=O) groups is 1. The summed E-state index contributed by atoms with van der Waals surface area (Å²) in [6.07, 6.45) is 11.6. The zero-order valence-electron chi connectivity index (χ0n) is 17.0. The molecule has 1 aromatic carbocycles. The molecule has 3 aromatic rings. The topological polar surface area (TPSA) is 75.9 Å². The van der Waals surface area contributed by atoms with Crippen molar-refractivity contribution in [2.45, 2.75) is 43.6 Å². The van der Waals surface area contributed by atoms with Gasteiger partial charge in [-0.2, -0.15) is 9.61 Å². The number of fused-ring (bicyclic) bond motifs is 2. The van der Waals surface area contributed by atoms with Gasteiger partial charge in [0, 0.05) is 25.9 Å². The molecule has 0 bridgehead atoms. The smallest absolute Gasteiger partial charge is 0.257 e. The minimum absolute atomic E-state index is 0.101. The molecule has 3 fully saturated rings. The summed E-state index contributed by atoms with van der Waals surface area (Å²) in [6.45, 7) is 1.30. The highest BCUT2D eigenvalue weighted by molar-refractivity contribution is 5.88. The quantitative estimate of drug-likeness (QED) is 0.599. The van der Waals surface area contributed by atoms with Crippen LogP contribution in [0.25, 0.3) is 5.65 Å². The van der Waals surface area contributed by atoms with Gasteiger partial charge in [-0.1, -0.05) is 36.3 Å². The van der Waals surface area contributed by atoms with E-state index in [2.05, 4.69) is 38.0 Å². The number of amides is 1. The fraction of sp³-hybridized carbons (Fsp3) is 0.391. The Bertz CT molecular complexity index is 1190. The van der Waals surface area contributed by atoms with Gasteiger partial charge in [-0.25, -0.2) is 9.97 Å². The standard InChI is InChI=1S/C23H22N6O2/c1-2-16-14-24-22(29-20(16)25-15-26-29)27-12-10-23(11-13-27)21(30)28-18(8-9-19(28)31-23)17-6-4-3-5-7-17/h1,3-7,14-15,18-19H,8-13H2/t18-,19+/m0/s1. The summed E-state index contributed by atoms with van der Waals surface area (Å²) in [5.74, 6) is 3.42. The van der Waals surface area contributed by atoms with Crippen LogP contribution in [-0.4, -0.2) is 55.3 Å². The molecule has 3 aliphatic heterocycles. The number of terminal acetylenes is 1. The van der Waals surface area contributed by atoms with Crippen molar-refractivity contribution in [3.05, 3.63) is 54.0 Å². The van der Waals surface area contributed by atoms with Crippen molar-refractivity contribution < 1.29 is 9.53 Å². The van der Waals surface area contributed by atoms with Gasteiger partial charge in [-0.3, -0.25) is 4.79 Å². The molecule has 3 aliphatic rings. The van der Waals surface area contributed by atoms with Gasteiger partial charge in [0.15, 0.2) is 11.2 Å². The average molecular weight is 414 g/mol. The fourth-order valence-corrected chi connectivity index (χ4v) is 5.24. The lowest BCUT2D eigenvalue weighted by atomic mass is 9.89. The number of anilines is 1. The highest BCUT2D eigenvalue weighted by Gasteiger charge is 2.58. The molecule has 31 heavy (non-hydrogen) atoms. The SMILES string of the molecule is C#Cc1cnc(N2CCC3(CC2)O[C@@H]2CC[C@@H](c4ccccc4)N2C3=O)n2ncnc12. The number of carbonyl (C=O) groups excluding carboxylic acids is 1. The molecule has 1 amide bonds. The summed E-state index contributed by atoms with van der Waals surface area (Å²) in [5.41, 5.74) is 1.67. The Balaban J connectivity index is 1.24. The Morgan fingerprint density at radius 1 is 1.13 bits per heavy atom. The molecule has 0 saturated carbocycles. The van der Waals surface area contributed by atoms with Gasteiger partial charge >= 0.3 is 0 Å². The van der Waals surface area contributed by atoms with E-state index in [1.807, 2.05) is 23.1 Å². The molecule has 8 heteroatoms. The number of ether oxygens (including phenoxy) is 1. The number of benzene rings is 1. The average Bonchev–Trinajstić information content (AvgIpc) is 3.52. The Labute approximate surface area is 179 Å². The molecule has 8 nitrogen and oxygen atoms in total. The maximum Gasteiger partial charge on any atom is 0.257 e. The van der Waals surface area contributed by atoms with E-state index in [0.29, 0.717) is 43.1 Å². The van der Waals surface area contributed by atoms with Crippen LogP contribution in [0.4, 0.5) is 5.95 Å². The maximum absolute atomic E-state index is 13.6. The molecule has 1 spiro atoms.